The Morgan fingerprint density at radius 2 is 1.71 bits per heavy atom. The van der Waals surface area contributed by atoms with Crippen molar-refractivity contribution < 1.29 is 22.7 Å². The highest BCUT2D eigenvalue weighted by molar-refractivity contribution is 7.90. The zero-order chi connectivity index (χ0) is 18.0. The fourth-order valence-corrected chi connectivity index (χ4v) is 3.60. The summed E-state index contributed by atoms with van der Waals surface area (Å²) in [5.74, 6) is -0.334. The summed E-state index contributed by atoms with van der Waals surface area (Å²) < 4.78 is 27.9. The second-order valence-electron chi connectivity index (χ2n) is 6.51. The van der Waals surface area contributed by atoms with Crippen molar-refractivity contribution in [1.29, 1.82) is 0 Å². The van der Waals surface area contributed by atoms with Gasteiger partial charge in [-0.25, -0.2) is 13.2 Å². The van der Waals surface area contributed by atoms with Crippen LogP contribution in [0.2, 0.25) is 0 Å². The van der Waals surface area contributed by atoms with Gasteiger partial charge in [-0.1, -0.05) is 6.92 Å². The molecule has 1 N–H and O–H groups in total. The van der Waals surface area contributed by atoms with E-state index in [1.165, 1.54) is 31.4 Å². The Labute approximate surface area is 142 Å². The van der Waals surface area contributed by atoms with Gasteiger partial charge in [-0.3, -0.25) is 4.79 Å². The van der Waals surface area contributed by atoms with Crippen molar-refractivity contribution in [3.05, 3.63) is 29.8 Å². The molecule has 24 heavy (non-hydrogen) atoms. The molecule has 1 aliphatic rings. The van der Waals surface area contributed by atoms with Crippen LogP contribution in [0.25, 0.3) is 0 Å². The largest absolute Gasteiger partial charge is 0.467 e. The molecule has 1 aromatic carbocycles. The van der Waals surface area contributed by atoms with E-state index >= 15 is 0 Å². The van der Waals surface area contributed by atoms with Crippen molar-refractivity contribution in [2.24, 2.45) is 5.92 Å². The molecule has 0 radical (unpaired) electrons. The van der Waals surface area contributed by atoms with Gasteiger partial charge in [0.2, 0.25) is 0 Å². The first-order valence-electron chi connectivity index (χ1n) is 7.89. The first kappa shape index (κ1) is 18.4. The highest BCUT2D eigenvalue weighted by Gasteiger charge is 2.43. The van der Waals surface area contributed by atoms with E-state index in [0.717, 1.165) is 19.1 Å². The molecule has 0 aliphatic heterocycles. The SMILES string of the molecule is COC(=O)C1(NC(=O)c2ccc(S(C)(=O)=O)cc2)CCC(C)CC1. The number of ether oxygens (including phenoxy) is 1. The number of methoxy groups -OCH3 is 1. The normalized spacial score (nSPS) is 24.2. The lowest BCUT2D eigenvalue weighted by Crippen LogP contribution is -2.56. The topological polar surface area (TPSA) is 89.5 Å². The van der Waals surface area contributed by atoms with Gasteiger partial charge in [-0.05, 0) is 55.9 Å². The van der Waals surface area contributed by atoms with Crippen molar-refractivity contribution in [1.82, 2.24) is 5.32 Å². The van der Waals surface area contributed by atoms with Gasteiger partial charge in [0.25, 0.3) is 5.91 Å². The van der Waals surface area contributed by atoms with Gasteiger partial charge in [0.1, 0.15) is 5.54 Å². The standard InChI is InChI=1S/C17H23NO5S/c1-12-8-10-17(11-9-12,16(20)23-2)18-15(19)13-4-6-14(7-5-13)24(3,21)22/h4-7,12H,8-11H2,1-3H3,(H,18,19). The third kappa shape index (κ3) is 3.95. The molecule has 0 unspecified atom stereocenters. The quantitative estimate of drug-likeness (QED) is 0.836. The minimum absolute atomic E-state index is 0.147. The molecule has 132 valence electrons. The van der Waals surface area contributed by atoms with Gasteiger partial charge in [0, 0.05) is 11.8 Å². The number of benzene rings is 1. The molecule has 7 heteroatoms. The van der Waals surface area contributed by atoms with Crippen molar-refractivity contribution in [2.75, 3.05) is 13.4 Å². The van der Waals surface area contributed by atoms with E-state index in [4.69, 9.17) is 4.74 Å². The summed E-state index contributed by atoms with van der Waals surface area (Å²) in [4.78, 5) is 24.9. The lowest BCUT2D eigenvalue weighted by Gasteiger charge is -2.37. The fourth-order valence-electron chi connectivity index (χ4n) is 2.97. The third-order valence-electron chi connectivity index (χ3n) is 4.60. The zero-order valence-corrected chi connectivity index (χ0v) is 15.0. The van der Waals surface area contributed by atoms with Crippen LogP contribution >= 0.6 is 0 Å². The molecule has 0 heterocycles. The Morgan fingerprint density at radius 3 is 2.17 bits per heavy atom. The second kappa shape index (κ2) is 6.93. The second-order valence-corrected chi connectivity index (χ2v) is 8.52. The van der Waals surface area contributed by atoms with Crippen molar-refractivity contribution in [3.63, 3.8) is 0 Å². The van der Waals surface area contributed by atoms with Gasteiger partial charge in [0.15, 0.2) is 9.84 Å². The molecule has 0 atom stereocenters. The van der Waals surface area contributed by atoms with E-state index in [1.807, 2.05) is 0 Å². The Hall–Kier alpha value is -1.89. The average Bonchev–Trinajstić information content (AvgIpc) is 2.55. The fraction of sp³-hybridized carbons (Fsp3) is 0.529. The molecular weight excluding hydrogens is 330 g/mol. The molecule has 0 bridgehead atoms. The van der Waals surface area contributed by atoms with E-state index in [9.17, 15) is 18.0 Å². The van der Waals surface area contributed by atoms with Gasteiger partial charge in [0.05, 0.1) is 12.0 Å². The smallest absolute Gasteiger partial charge is 0.331 e. The number of amides is 1. The summed E-state index contributed by atoms with van der Waals surface area (Å²) in [6.07, 6.45) is 3.85. The number of sulfone groups is 1. The molecule has 6 nitrogen and oxygen atoms in total. The number of carbonyl (C=O) groups excluding carboxylic acids is 2. The number of esters is 1. The molecule has 1 amide bonds. The lowest BCUT2D eigenvalue weighted by atomic mass is 9.77. The van der Waals surface area contributed by atoms with E-state index < -0.39 is 27.3 Å². The molecule has 1 fully saturated rings. The van der Waals surface area contributed by atoms with E-state index in [2.05, 4.69) is 12.2 Å². The van der Waals surface area contributed by atoms with Crippen molar-refractivity contribution >= 4 is 21.7 Å². The average molecular weight is 353 g/mol. The lowest BCUT2D eigenvalue weighted by molar-refractivity contribution is -0.150. The summed E-state index contributed by atoms with van der Waals surface area (Å²) >= 11 is 0. The minimum atomic E-state index is -3.31. The Kier molecular flexibility index (Phi) is 5.32. The predicted molar refractivity (Wildman–Crippen MR) is 89.4 cm³/mol. The molecule has 2 rings (SSSR count). The summed E-state index contributed by atoms with van der Waals surface area (Å²) in [7, 11) is -2.00. The maximum absolute atomic E-state index is 12.5. The van der Waals surface area contributed by atoms with Crippen LogP contribution in [0.3, 0.4) is 0 Å². The highest BCUT2D eigenvalue weighted by Crippen LogP contribution is 2.33. The molecular formula is C17H23NO5S. The molecule has 0 aromatic heterocycles. The maximum Gasteiger partial charge on any atom is 0.331 e. The van der Waals surface area contributed by atoms with Crippen LogP contribution in [0.1, 0.15) is 43.0 Å². The number of rotatable bonds is 4. The van der Waals surface area contributed by atoms with E-state index in [0.29, 0.717) is 24.3 Å². The van der Waals surface area contributed by atoms with Crippen LogP contribution in [-0.2, 0) is 19.4 Å². The van der Waals surface area contributed by atoms with Gasteiger partial charge < -0.3 is 10.1 Å². The van der Waals surface area contributed by atoms with Crippen LogP contribution in [0.15, 0.2) is 29.2 Å². The molecule has 1 aliphatic carbocycles. The summed E-state index contributed by atoms with van der Waals surface area (Å²) in [5.41, 5.74) is -0.697. The highest BCUT2D eigenvalue weighted by atomic mass is 32.2. The number of hydrogen-bond donors (Lipinski definition) is 1. The van der Waals surface area contributed by atoms with Crippen LogP contribution < -0.4 is 5.32 Å². The Balaban J connectivity index is 2.20. The third-order valence-corrected chi connectivity index (χ3v) is 5.73. The number of carbonyl (C=O) groups is 2. The van der Waals surface area contributed by atoms with Gasteiger partial charge in [-0.2, -0.15) is 0 Å². The summed E-state index contributed by atoms with van der Waals surface area (Å²) in [6.45, 7) is 2.12. The maximum atomic E-state index is 12.5. The van der Waals surface area contributed by atoms with Crippen LogP contribution in [0.5, 0.6) is 0 Å². The number of hydrogen-bond acceptors (Lipinski definition) is 5. The van der Waals surface area contributed by atoms with Crippen LogP contribution in [0, 0.1) is 5.92 Å². The summed E-state index contributed by atoms with van der Waals surface area (Å²) in [6, 6.07) is 5.67. The Bertz CT molecular complexity index is 716. The first-order valence-corrected chi connectivity index (χ1v) is 9.78. The van der Waals surface area contributed by atoms with E-state index in [1.54, 1.807) is 0 Å². The molecule has 1 saturated carbocycles. The number of nitrogens with one attached hydrogen (secondary N) is 1. The van der Waals surface area contributed by atoms with Crippen LogP contribution in [0.4, 0.5) is 0 Å². The molecule has 0 saturated heterocycles. The van der Waals surface area contributed by atoms with E-state index in [-0.39, 0.29) is 4.90 Å². The van der Waals surface area contributed by atoms with Crippen LogP contribution in [-0.4, -0.2) is 39.2 Å². The summed E-state index contributed by atoms with van der Waals surface area (Å²) in [5, 5.41) is 2.82. The molecule has 0 spiro atoms. The molecule has 1 aromatic rings. The predicted octanol–water partition coefficient (Wildman–Crippen LogP) is 1.94. The minimum Gasteiger partial charge on any atom is -0.467 e. The zero-order valence-electron chi connectivity index (χ0n) is 14.2. The monoisotopic (exact) mass is 353 g/mol. The van der Waals surface area contributed by atoms with Crippen molar-refractivity contribution in [3.8, 4) is 0 Å². The van der Waals surface area contributed by atoms with Crippen molar-refractivity contribution in [2.45, 2.75) is 43.0 Å². The Morgan fingerprint density at radius 1 is 1.17 bits per heavy atom. The first-order chi connectivity index (χ1) is 11.2. The van der Waals surface area contributed by atoms with Gasteiger partial charge in [-0.15, -0.1) is 0 Å². The van der Waals surface area contributed by atoms with Gasteiger partial charge >= 0.3 is 5.97 Å².